The smallest absolute Gasteiger partial charge is 0.157 e. The molecule has 1 heterocycles. The molecule has 1 saturated heterocycles. The highest BCUT2D eigenvalue weighted by Crippen LogP contribution is 2.37. The van der Waals surface area contributed by atoms with E-state index in [1.807, 2.05) is 0 Å². The fourth-order valence-electron chi connectivity index (χ4n) is 2.35. The topological polar surface area (TPSA) is 27.7 Å². The minimum atomic E-state index is -0.0952. The van der Waals surface area contributed by atoms with Gasteiger partial charge in [-0.15, -0.1) is 11.8 Å². The second-order valence-electron chi connectivity index (χ2n) is 5.34. The summed E-state index contributed by atoms with van der Waals surface area (Å²) in [7, 11) is 0. The zero-order valence-corrected chi connectivity index (χ0v) is 18.6. The van der Waals surface area contributed by atoms with Crippen molar-refractivity contribution >= 4 is 59.6 Å². The van der Waals surface area contributed by atoms with Crippen LogP contribution in [0.2, 0.25) is 0 Å². The minimum Gasteiger partial charge on any atom is -0.491 e. The molecule has 0 aliphatic carbocycles. The van der Waals surface area contributed by atoms with Gasteiger partial charge in [0.25, 0.3) is 0 Å². The number of halogens is 3. The number of benzene rings is 1. The molecular weight excluding hydrogens is 512 g/mol. The monoisotopic (exact) mass is 530 g/mol. The van der Waals surface area contributed by atoms with Crippen LogP contribution in [0, 0.1) is 5.92 Å². The Morgan fingerprint density at radius 2 is 2.04 bits per heavy atom. The number of ether oxygens (including phenoxy) is 3. The van der Waals surface area contributed by atoms with Crippen molar-refractivity contribution in [2.24, 2.45) is 5.92 Å². The Morgan fingerprint density at radius 3 is 2.70 bits per heavy atom. The molecule has 7 heteroatoms. The van der Waals surface area contributed by atoms with Crippen molar-refractivity contribution in [3.8, 4) is 5.75 Å². The summed E-state index contributed by atoms with van der Waals surface area (Å²) in [6.45, 7) is 2.15. The number of thioether (sulfide) groups is 1. The zero-order valence-electron chi connectivity index (χ0n) is 13.0. The molecule has 1 aliphatic heterocycles. The molecule has 1 aliphatic rings. The quantitative estimate of drug-likeness (QED) is 0.238. The zero-order chi connectivity index (χ0) is 16.7. The molecule has 0 amide bonds. The highest BCUT2D eigenvalue weighted by Gasteiger charge is 2.24. The lowest BCUT2D eigenvalue weighted by molar-refractivity contribution is -0.176. The third kappa shape index (κ3) is 6.51. The molecule has 130 valence electrons. The van der Waals surface area contributed by atoms with E-state index in [0.717, 1.165) is 52.5 Å². The van der Waals surface area contributed by atoms with Crippen LogP contribution in [0.15, 0.2) is 26.0 Å². The molecule has 2 atom stereocenters. The van der Waals surface area contributed by atoms with Crippen molar-refractivity contribution in [2.75, 3.05) is 31.4 Å². The standard InChI is InChI=1S/C16H21Br3O3S/c1-23-12-8-13(18)16(14(19)9-12)22-10-11-3-6-21-15(7-11)20-5-2-4-17/h8-9,11,15H,2-7,10H2,1H3. The second-order valence-corrected chi connectivity index (χ2v) is 8.72. The third-order valence-electron chi connectivity index (χ3n) is 3.61. The normalized spacial score (nSPS) is 21.4. The number of hydrogen-bond acceptors (Lipinski definition) is 4. The molecular formula is C16H21Br3O3S. The van der Waals surface area contributed by atoms with E-state index in [4.69, 9.17) is 14.2 Å². The van der Waals surface area contributed by atoms with Crippen LogP contribution in [0.3, 0.4) is 0 Å². The van der Waals surface area contributed by atoms with Gasteiger partial charge in [0, 0.05) is 16.6 Å². The number of rotatable bonds is 8. The van der Waals surface area contributed by atoms with Gasteiger partial charge in [0.05, 0.1) is 28.8 Å². The van der Waals surface area contributed by atoms with Crippen LogP contribution < -0.4 is 4.74 Å². The molecule has 1 aromatic carbocycles. The lowest BCUT2D eigenvalue weighted by atomic mass is 10.0. The summed E-state index contributed by atoms with van der Waals surface area (Å²) >= 11 is 12.3. The molecule has 23 heavy (non-hydrogen) atoms. The Bertz CT molecular complexity index is 478. The summed E-state index contributed by atoms with van der Waals surface area (Å²) in [6, 6.07) is 4.17. The van der Waals surface area contributed by atoms with Gasteiger partial charge < -0.3 is 14.2 Å². The molecule has 0 radical (unpaired) electrons. The van der Waals surface area contributed by atoms with E-state index < -0.39 is 0 Å². The van der Waals surface area contributed by atoms with Crippen LogP contribution in [0.4, 0.5) is 0 Å². The predicted octanol–water partition coefficient (Wildman–Crippen LogP) is 5.87. The molecule has 0 bridgehead atoms. The second kappa shape index (κ2) is 10.7. The maximum atomic E-state index is 6.06. The van der Waals surface area contributed by atoms with E-state index in [-0.39, 0.29) is 6.29 Å². The van der Waals surface area contributed by atoms with Crippen molar-refractivity contribution < 1.29 is 14.2 Å². The maximum absolute atomic E-state index is 6.06. The van der Waals surface area contributed by atoms with Gasteiger partial charge in [0.1, 0.15) is 5.75 Å². The van der Waals surface area contributed by atoms with E-state index >= 15 is 0 Å². The van der Waals surface area contributed by atoms with E-state index in [1.165, 1.54) is 4.90 Å². The van der Waals surface area contributed by atoms with Crippen molar-refractivity contribution in [2.45, 2.75) is 30.4 Å². The average Bonchev–Trinajstić information content (AvgIpc) is 2.54. The van der Waals surface area contributed by atoms with Gasteiger partial charge in [0.2, 0.25) is 0 Å². The lowest BCUT2D eigenvalue weighted by Gasteiger charge is -2.29. The fourth-order valence-corrected chi connectivity index (χ4v) is 4.77. The average molecular weight is 533 g/mol. The van der Waals surface area contributed by atoms with Crippen LogP contribution in [-0.2, 0) is 9.47 Å². The number of hydrogen-bond donors (Lipinski definition) is 0. The Hall–Kier alpha value is 0.730. The first-order chi connectivity index (χ1) is 11.1. The Labute approximate surface area is 167 Å². The van der Waals surface area contributed by atoms with Gasteiger partial charge in [-0.1, -0.05) is 15.9 Å². The summed E-state index contributed by atoms with van der Waals surface area (Å²) in [5, 5.41) is 0.959. The molecule has 0 saturated carbocycles. The molecule has 2 unspecified atom stereocenters. The van der Waals surface area contributed by atoms with E-state index in [9.17, 15) is 0 Å². The van der Waals surface area contributed by atoms with Crippen LogP contribution in [0.1, 0.15) is 19.3 Å². The summed E-state index contributed by atoms with van der Waals surface area (Å²) in [5.74, 6) is 1.32. The molecule has 2 rings (SSSR count). The summed E-state index contributed by atoms with van der Waals surface area (Å²) in [5.41, 5.74) is 0. The van der Waals surface area contributed by atoms with E-state index in [2.05, 4.69) is 66.2 Å². The van der Waals surface area contributed by atoms with Crippen molar-refractivity contribution in [1.82, 2.24) is 0 Å². The van der Waals surface area contributed by atoms with Gasteiger partial charge in [-0.05, 0) is 69.0 Å². The summed E-state index contributed by atoms with van der Waals surface area (Å²) < 4.78 is 19.4. The molecule has 0 spiro atoms. The molecule has 0 aromatic heterocycles. The third-order valence-corrected chi connectivity index (χ3v) is 6.05. The van der Waals surface area contributed by atoms with Crippen LogP contribution in [-0.4, -0.2) is 37.7 Å². The van der Waals surface area contributed by atoms with Gasteiger partial charge in [-0.2, -0.15) is 0 Å². The van der Waals surface area contributed by atoms with Gasteiger partial charge in [0.15, 0.2) is 6.29 Å². The molecule has 0 N–H and O–H groups in total. The first-order valence-electron chi connectivity index (χ1n) is 7.59. The maximum Gasteiger partial charge on any atom is 0.157 e. The summed E-state index contributed by atoms with van der Waals surface area (Å²) in [4.78, 5) is 1.20. The largest absolute Gasteiger partial charge is 0.491 e. The minimum absolute atomic E-state index is 0.0952. The summed E-state index contributed by atoms with van der Waals surface area (Å²) in [6.07, 6.45) is 4.87. The van der Waals surface area contributed by atoms with Crippen molar-refractivity contribution in [1.29, 1.82) is 0 Å². The molecule has 3 nitrogen and oxygen atoms in total. The lowest BCUT2D eigenvalue weighted by Crippen LogP contribution is -2.31. The van der Waals surface area contributed by atoms with Gasteiger partial charge in [-0.25, -0.2) is 0 Å². The Kier molecular flexibility index (Phi) is 9.29. The SMILES string of the molecule is CSc1cc(Br)c(OCC2CCOC(OCCCBr)C2)c(Br)c1. The highest BCUT2D eigenvalue weighted by atomic mass is 79.9. The Balaban J connectivity index is 1.85. The van der Waals surface area contributed by atoms with Crippen molar-refractivity contribution in [3.63, 3.8) is 0 Å². The molecule has 1 aromatic rings. The van der Waals surface area contributed by atoms with Gasteiger partial charge in [-0.3, -0.25) is 0 Å². The predicted molar refractivity (Wildman–Crippen MR) is 106 cm³/mol. The van der Waals surface area contributed by atoms with Gasteiger partial charge >= 0.3 is 0 Å². The van der Waals surface area contributed by atoms with Crippen LogP contribution in [0.5, 0.6) is 5.75 Å². The Morgan fingerprint density at radius 1 is 1.30 bits per heavy atom. The number of alkyl halides is 1. The van der Waals surface area contributed by atoms with Crippen LogP contribution in [0.25, 0.3) is 0 Å². The first kappa shape index (κ1) is 20.0. The fraction of sp³-hybridized carbons (Fsp3) is 0.625. The van der Waals surface area contributed by atoms with Crippen LogP contribution >= 0.6 is 59.6 Å². The highest BCUT2D eigenvalue weighted by molar-refractivity contribution is 9.11. The molecule has 1 fully saturated rings. The first-order valence-corrected chi connectivity index (χ1v) is 11.5. The van der Waals surface area contributed by atoms with E-state index in [0.29, 0.717) is 12.5 Å². The van der Waals surface area contributed by atoms with E-state index in [1.54, 1.807) is 11.8 Å². The van der Waals surface area contributed by atoms with Crippen molar-refractivity contribution in [3.05, 3.63) is 21.1 Å².